The second kappa shape index (κ2) is 6.11. The molecule has 0 radical (unpaired) electrons. The average Bonchev–Trinajstić information content (AvgIpc) is 2.54. The third kappa shape index (κ3) is 2.92. The summed E-state index contributed by atoms with van der Waals surface area (Å²) in [4.78, 5) is 12.3. The van der Waals surface area contributed by atoms with Gasteiger partial charge in [-0.25, -0.2) is 0 Å². The van der Waals surface area contributed by atoms with Crippen LogP contribution in [0.15, 0.2) is 48.5 Å². The number of aryl methyl sites for hydroxylation is 1. The van der Waals surface area contributed by atoms with Crippen molar-refractivity contribution in [1.29, 1.82) is 0 Å². The van der Waals surface area contributed by atoms with Gasteiger partial charge >= 0.3 is 0 Å². The smallest absolute Gasteiger partial charge is 0.269 e. The predicted molar refractivity (Wildman–Crippen MR) is 91.4 cm³/mol. The van der Waals surface area contributed by atoms with E-state index in [0.29, 0.717) is 5.11 Å². The maximum absolute atomic E-state index is 10.7. The fourth-order valence-electron chi connectivity index (χ4n) is 2.60. The average molecular weight is 313 g/mol. The molecule has 0 amide bonds. The minimum atomic E-state index is -0.414. The number of para-hydroxylation sites is 1. The van der Waals surface area contributed by atoms with Crippen LogP contribution in [0.25, 0.3) is 0 Å². The van der Waals surface area contributed by atoms with E-state index in [2.05, 4.69) is 22.3 Å². The Hall–Kier alpha value is -2.47. The number of anilines is 2. The molecular formula is C16H15N3O2S. The second-order valence-corrected chi connectivity index (χ2v) is 5.50. The van der Waals surface area contributed by atoms with Crippen LogP contribution in [0.2, 0.25) is 0 Å². The zero-order valence-corrected chi connectivity index (χ0v) is 12.7. The molecule has 0 atom stereocenters. The van der Waals surface area contributed by atoms with Gasteiger partial charge in [-0.1, -0.05) is 18.2 Å². The van der Waals surface area contributed by atoms with Crippen LogP contribution in [0.4, 0.5) is 17.1 Å². The van der Waals surface area contributed by atoms with Crippen LogP contribution >= 0.6 is 12.2 Å². The first kappa shape index (κ1) is 14.5. The Kier molecular flexibility index (Phi) is 4.02. The molecule has 3 rings (SSSR count). The van der Waals surface area contributed by atoms with E-state index in [0.717, 1.165) is 30.8 Å². The van der Waals surface area contributed by atoms with Gasteiger partial charge in [-0.3, -0.25) is 10.1 Å². The standard InChI is InChI=1S/C16H15N3O2S/c20-19(21)14-9-7-13(8-10-14)17-16(22)18-11-3-5-12-4-1-2-6-15(12)18/h1-2,4,6-10H,3,5,11H2,(H,17,22). The summed E-state index contributed by atoms with van der Waals surface area (Å²) in [5.74, 6) is 0. The molecule has 0 aromatic heterocycles. The zero-order valence-electron chi connectivity index (χ0n) is 11.9. The van der Waals surface area contributed by atoms with Gasteiger partial charge in [0.05, 0.1) is 4.92 Å². The Morgan fingerprint density at radius 2 is 1.91 bits per heavy atom. The summed E-state index contributed by atoms with van der Waals surface area (Å²) >= 11 is 5.50. The molecule has 0 saturated heterocycles. The summed E-state index contributed by atoms with van der Waals surface area (Å²) in [5, 5.41) is 14.4. The first-order valence-electron chi connectivity index (χ1n) is 7.06. The van der Waals surface area contributed by atoms with Gasteiger partial charge in [0.2, 0.25) is 0 Å². The van der Waals surface area contributed by atoms with E-state index in [1.807, 2.05) is 12.1 Å². The Morgan fingerprint density at radius 3 is 2.64 bits per heavy atom. The zero-order chi connectivity index (χ0) is 15.5. The van der Waals surface area contributed by atoms with Crippen molar-refractivity contribution in [2.24, 2.45) is 0 Å². The van der Waals surface area contributed by atoms with E-state index in [-0.39, 0.29) is 5.69 Å². The van der Waals surface area contributed by atoms with Crippen molar-refractivity contribution in [3.8, 4) is 0 Å². The van der Waals surface area contributed by atoms with Gasteiger partial charge in [0.1, 0.15) is 0 Å². The van der Waals surface area contributed by atoms with Gasteiger partial charge in [-0.2, -0.15) is 0 Å². The number of nitro groups is 1. The van der Waals surface area contributed by atoms with Gasteiger partial charge in [0.15, 0.2) is 5.11 Å². The Bertz CT molecular complexity index is 716. The number of rotatable bonds is 2. The van der Waals surface area contributed by atoms with E-state index in [9.17, 15) is 10.1 Å². The van der Waals surface area contributed by atoms with Crippen molar-refractivity contribution >= 4 is 34.4 Å². The Morgan fingerprint density at radius 1 is 1.18 bits per heavy atom. The van der Waals surface area contributed by atoms with Gasteiger partial charge < -0.3 is 10.2 Å². The van der Waals surface area contributed by atoms with Crippen LogP contribution in [-0.2, 0) is 6.42 Å². The van der Waals surface area contributed by atoms with Crippen molar-refractivity contribution in [3.63, 3.8) is 0 Å². The van der Waals surface area contributed by atoms with E-state index >= 15 is 0 Å². The summed E-state index contributed by atoms with van der Waals surface area (Å²) in [5.41, 5.74) is 3.24. The number of fused-ring (bicyclic) bond motifs is 1. The summed E-state index contributed by atoms with van der Waals surface area (Å²) in [6, 6.07) is 14.5. The van der Waals surface area contributed by atoms with Crippen molar-refractivity contribution in [1.82, 2.24) is 0 Å². The SMILES string of the molecule is O=[N+]([O-])c1ccc(NC(=S)N2CCCc3ccccc32)cc1. The highest BCUT2D eigenvalue weighted by molar-refractivity contribution is 7.80. The molecule has 0 unspecified atom stereocenters. The third-order valence-corrected chi connectivity index (χ3v) is 4.01. The fraction of sp³-hybridized carbons (Fsp3) is 0.188. The summed E-state index contributed by atoms with van der Waals surface area (Å²) < 4.78 is 0. The lowest BCUT2D eigenvalue weighted by atomic mass is 10.0. The maximum Gasteiger partial charge on any atom is 0.269 e. The first-order chi connectivity index (χ1) is 10.6. The number of thiocarbonyl (C=S) groups is 1. The van der Waals surface area contributed by atoms with Gasteiger partial charge in [0.25, 0.3) is 5.69 Å². The summed E-state index contributed by atoms with van der Waals surface area (Å²) in [7, 11) is 0. The number of nitrogens with zero attached hydrogens (tertiary/aromatic N) is 2. The Labute approximate surface area is 133 Å². The maximum atomic E-state index is 10.7. The predicted octanol–water partition coefficient (Wildman–Crippen LogP) is 3.74. The molecule has 6 heteroatoms. The molecule has 5 nitrogen and oxygen atoms in total. The van der Waals surface area contributed by atoms with Crippen molar-refractivity contribution in [2.45, 2.75) is 12.8 Å². The minimum Gasteiger partial charge on any atom is -0.332 e. The fourth-order valence-corrected chi connectivity index (χ4v) is 2.91. The molecule has 112 valence electrons. The molecule has 0 bridgehead atoms. The van der Waals surface area contributed by atoms with Crippen LogP contribution in [-0.4, -0.2) is 16.6 Å². The van der Waals surface area contributed by atoms with E-state index in [4.69, 9.17) is 12.2 Å². The molecule has 0 saturated carbocycles. The summed E-state index contributed by atoms with van der Waals surface area (Å²) in [6.45, 7) is 0.871. The lowest BCUT2D eigenvalue weighted by Gasteiger charge is -2.31. The van der Waals surface area contributed by atoms with Crippen molar-refractivity contribution in [2.75, 3.05) is 16.8 Å². The molecule has 22 heavy (non-hydrogen) atoms. The molecule has 2 aromatic carbocycles. The molecule has 1 aliphatic heterocycles. The van der Waals surface area contributed by atoms with Gasteiger partial charge in [0, 0.05) is 30.1 Å². The number of nitrogens with one attached hydrogen (secondary N) is 1. The highest BCUT2D eigenvalue weighted by atomic mass is 32.1. The molecule has 1 N–H and O–H groups in total. The minimum absolute atomic E-state index is 0.0692. The quantitative estimate of drug-likeness (QED) is 0.520. The van der Waals surface area contributed by atoms with Crippen molar-refractivity contribution < 1.29 is 4.92 Å². The number of non-ortho nitro benzene ring substituents is 1. The Balaban J connectivity index is 1.76. The van der Waals surface area contributed by atoms with Crippen LogP contribution < -0.4 is 10.2 Å². The lowest BCUT2D eigenvalue weighted by molar-refractivity contribution is -0.384. The molecule has 0 fully saturated rings. The number of hydrogen-bond acceptors (Lipinski definition) is 3. The third-order valence-electron chi connectivity index (χ3n) is 3.68. The molecule has 1 heterocycles. The van der Waals surface area contributed by atoms with Crippen LogP contribution in [0, 0.1) is 10.1 Å². The largest absolute Gasteiger partial charge is 0.332 e. The second-order valence-electron chi connectivity index (χ2n) is 5.12. The molecule has 1 aliphatic rings. The van der Waals surface area contributed by atoms with Gasteiger partial charge in [-0.05, 0) is 48.8 Å². The highest BCUT2D eigenvalue weighted by Gasteiger charge is 2.19. The topological polar surface area (TPSA) is 58.4 Å². The van der Waals surface area contributed by atoms with E-state index in [1.165, 1.54) is 17.7 Å². The number of nitro benzene ring substituents is 1. The summed E-state index contributed by atoms with van der Waals surface area (Å²) in [6.07, 6.45) is 2.12. The normalized spacial score (nSPS) is 13.4. The highest BCUT2D eigenvalue weighted by Crippen LogP contribution is 2.27. The molecular weight excluding hydrogens is 298 g/mol. The van der Waals surface area contributed by atoms with Crippen LogP contribution in [0.1, 0.15) is 12.0 Å². The van der Waals surface area contributed by atoms with E-state index < -0.39 is 4.92 Å². The van der Waals surface area contributed by atoms with Crippen LogP contribution in [0.5, 0.6) is 0 Å². The van der Waals surface area contributed by atoms with Gasteiger partial charge in [-0.15, -0.1) is 0 Å². The molecule has 0 spiro atoms. The first-order valence-corrected chi connectivity index (χ1v) is 7.47. The lowest BCUT2D eigenvalue weighted by Crippen LogP contribution is -2.38. The van der Waals surface area contributed by atoms with Crippen molar-refractivity contribution in [3.05, 3.63) is 64.2 Å². The van der Waals surface area contributed by atoms with Crippen LogP contribution in [0.3, 0.4) is 0 Å². The monoisotopic (exact) mass is 313 g/mol. The van der Waals surface area contributed by atoms with E-state index in [1.54, 1.807) is 12.1 Å². The number of benzene rings is 2. The number of hydrogen-bond donors (Lipinski definition) is 1. The molecule has 0 aliphatic carbocycles. The molecule has 2 aromatic rings.